The molecule has 2 heteroatoms. The molecule has 1 atom stereocenters. The zero-order chi connectivity index (χ0) is 14.2. The van der Waals surface area contributed by atoms with E-state index in [0.29, 0.717) is 11.3 Å². The van der Waals surface area contributed by atoms with Gasteiger partial charge in [0.25, 0.3) is 0 Å². The molecule has 1 aromatic heterocycles. The van der Waals surface area contributed by atoms with Gasteiger partial charge in [0.15, 0.2) is 0 Å². The fourth-order valence-corrected chi connectivity index (χ4v) is 3.28. The highest BCUT2D eigenvalue weighted by molar-refractivity contribution is 5.78. The minimum atomic E-state index is -0.350. The zero-order valence-electron chi connectivity index (χ0n) is 12.3. The summed E-state index contributed by atoms with van der Waals surface area (Å²) in [5.74, 6) is 0.393. The van der Waals surface area contributed by atoms with E-state index in [0.717, 1.165) is 29.3 Å². The molecule has 1 aromatic carbocycles. The molecule has 0 radical (unpaired) electrons. The van der Waals surface area contributed by atoms with Crippen LogP contribution < -0.4 is 0 Å². The number of hydrogen-bond acceptors (Lipinski definition) is 2. The number of aromatic nitrogens is 1. The van der Waals surface area contributed by atoms with E-state index >= 15 is 0 Å². The summed E-state index contributed by atoms with van der Waals surface area (Å²) < 4.78 is 0. The van der Waals surface area contributed by atoms with Crippen LogP contribution in [0.1, 0.15) is 51.2 Å². The second-order valence-electron chi connectivity index (χ2n) is 6.90. The molecule has 1 aliphatic rings. The minimum Gasteiger partial charge on any atom is -0.388 e. The van der Waals surface area contributed by atoms with Crippen molar-refractivity contribution >= 4 is 10.9 Å². The summed E-state index contributed by atoms with van der Waals surface area (Å²) in [7, 11) is 0. The summed E-state index contributed by atoms with van der Waals surface area (Å²) >= 11 is 0. The van der Waals surface area contributed by atoms with Gasteiger partial charge < -0.3 is 5.11 Å². The van der Waals surface area contributed by atoms with Crippen LogP contribution in [0.4, 0.5) is 0 Å². The maximum atomic E-state index is 10.6. The molecule has 1 heterocycles. The molecule has 1 N–H and O–H groups in total. The molecule has 0 aliphatic heterocycles. The van der Waals surface area contributed by atoms with Gasteiger partial charge in [0.05, 0.1) is 11.6 Å². The van der Waals surface area contributed by atoms with Crippen LogP contribution in [0.5, 0.6) is 0 Å². The summed E-state index contributed by atoms with van der Waals surface area (Å²) in [5.41, 5.74) is 2.43. The Hall–Kier alpha value is -1.41. The van der Waals surface area contributed by atoms with Crippen LogP contribution in [-0.2, 0) is 0 Å². The molecule has 20 heavy (non-hydrogen) atoms. The Balaban J connectivity index is 1.80. The number of aliphatic hydroxyl groups excluding tert-OH is 1. The van der Waals surface area contributed by atoms with Crippen molar-refractivity contribution in [1.82, 2.24) is 4.98 Å². The lowest BCUT2D eigenvalue weighted by Gasteiger charge is -2.36. The van der Waals surface area contributed by atoms with Gasteiger partial charge in [-0.3, -0.25) is 4.98 Å². The smallest absolute Gasteiger partial charge is 0.0818 e. The molecule has 1 saturated carbocycles. The topological polar surface area (TPSA) is 33.1 Å². The van der Waals surface area contributed by atoms with Crippen molar-refractivity contribution in [2.24, 2.45) is 11.3 Å². The monoisotopic (exact) mass is 269 g/mol. The number of aliphatic hydroxyl groups is 1. The van der Waals surface area contributed by atoms with Crippen LogP contribution in [0.2, 0.25) is 0 Å². The lowest BCUT2D eigenvalue weighted by Crippen LogP contribution is -2.25. The molecule has 1 unspecified atom stereocenters. The fraction of sp³-hybridized carbons (Fsp3) is 0.500. The minimum absolute atomic E-state index is 0.350. The zero-order valence-corrected chi connectivity index (χ0v) is 12.3. The average molecular weight is 269 g/mol. The van der Waals surface area contributed by atoms with Crippen molar-refractivity contribution in [3.63, 3.8) is 0 Å². The van der Waals surface area contributed by atoms with Gasteiger partial charge in [0, 0.05) is 11.6 Å². The van der Waals surface area contributed by atoms with Crippen molar-refractivity contribution in [2.45, 2.75) is 45.6 Å². The van der Waals surface area contributed by atoms with Crippen LogP contribution in [0.15, 0.2) is 36.5 Å². The van der Waals surface area contributed by atoms with Crippen molar-refractivity contribution in [3.8, 4) is 0 Å². The Morgan fingerprint density at radius 1 is 1.20 bits per heavy atom. The van der Waals surface area contributed by atoms with E-state index in [1.54, 1.807) is 0 Å². The standard InChI is InChI=1S/C18H23NO/c1-18(2)9-7-14(8-10-18)17(20)15-6-5-13-4-3-11-19-16(13)12-15/h3-6,11-12,14,17,20H,7-10H2,1-2H3. The third-order valence-corrected chi connectivity index (χ3v) is 4.80. The van der Waals surface area contributed by atoms with Crippen molar-refractivity contribution < 1.29 is 5.11 Å². The highest BCUT2D eigenvalue weighted by Crippen LogP contribution is 2.42. The molecule has 0 saturated heterocycles. The summed E-state index contributed by atoms with van der Waals surface area (Å²) in [6.07, 6.45) is 6.11. The number of pyridine rings is 1. The average Bonchev–Trinajstić information content (AvgIpc) is 2.46. The fourth-order valence-electron chi connectivity index (χ4n) is 3.28. The van der Waals surface area contributed by atoms with Crippen LogP contribution in [0.3, 0.4) is 0 Å². The number of benzene rings is 1. The van der Waals surface area contributed by atoms with Gasteiger partial charge >= 0.3 is 0 Å². The van der Waals surface area contributed by atoms with E-state index in [-0.39, 0.29) is 6.10 Å². The maximum absolute atomic E-state index is 10.6. The van der Waals surface area contributed by atoms with Crippen LogP contribution in [0.25, 0.3) is 10.9 Å². The molecule has 3 rings (SSSR count). The first-order valence-electron chi connectivity index (χ1n) is 7.58. The number of hydrogen-bond donors (Lipinski definition) is 1. The SMILES string of the molecule is CC1(C)CCC(C(O)c2ccc3cccnc3c2)CC1. The normalized spacial score (nSPS) is 20.9. The molecule has 106 valence electrons. The van der Waals surface area contributed by atoms with E-state index < -0.39 is 0 Å². The lowest BCUT2D eigenvalue weighted by atomic mass is 9.71. The highest BCUT2D eigenvalue weighted by atomic mass is 16.3. The molecule has 2 aromatic rings. The first kappa shape index (κ1) is 13.6. The van der Waals surface area contributed by atoms with Crippen LogP contribution >= 0.6 is 0 Å². The largest absolute Gasteiger partial charge is 0.388 e. The van der Waals surface area contributed by atoms with Crippen LogP contribution in [-0.4, -0.2) is 10.1 Å². The molecule has 2 nitrogen and oxygen atoms in total. The van der Waals surface area contributed by atoms with Crippen molar-refractivity contribution in [2.75, 3.05) is 0 Å². The summed E-state index contributed by atoms with van der Waals surface area (Å²) in [4.78, 5) is 4.38. The highest BCUT2D eigenvalue weighted by Gasteiger charge is 2.31. The van der Waals surface area contributed by atoms with Gasteiger partial charge in [-0.2, -0.15) is 0 Å². The molecule has 0 spiro atoms. The second kappa shape index (κ2) is 5.17. The number of fused-ring (bicyclic) bond motifs is 1. The Morgan fingerprint density at radius 2 is 1.95 bits per heavy atom. The Kier molecular flexibility index (Phi) is 3.51. The summed E-state index contributed by atoms with van der Waals surface area (Å²) in [6.45, 7) is 4.66. The van der Waals surface area contributed by atoms with E-state index in [4.69, 9.17) is 0 Å². The Labute approximate surface area is 120 Å². The number of nitrogens with zero attached hydrogens (tertiary/aromatic N) is 1. The summed E-state index contributed by atoms with van der Waals surface area (Å²) in [5, 5.41) is 11.8. The third-order valence-electron chi connectivity index (χ3n) is 4.80. The molecular formula is C18H23NO. The van der Waals surface area contributed by atoms with E-state index in [2.05, 4.69) is 37.0 Å². The van der Waals surface area contributed by atoms with Gasteiger partial charge in [-0.05, 0) is 54.7 Å². The van der Waals surface area contributed by atoms with Gasteiger partial charge in [-0.15, -0.1) is 0 Å². The molecular weight excluding hydrogens is 246 g/mol. The summed E-state index contributed by atoms with van der Waals surface area (Å²) in [6, 6.07) is 10.2. The van der Waals surface area contributed by atoms with Crippen molar-refractivity contribution in [3.05, 3.63) is 42.1 Å². The maximum Gasteiger partial charge on any atom is 0.0818 e. The molecule has 1 aliphatic carbocycles. The predicted octanol–water partition coefficient (Wildman–Crippen LogP) is 4.48. The third kappa shape index (κ3) is 2.71. The van der Waals surface area contributed by atoms with E-state index in [1.165, 1.54) is 12.8 Å². The Morgan fingerprint density at radius 3 is 2.70 bits per heavy atom. The first-order chi connectivity index (χ1) is 9.55. The first-order valence-corrected chi connectivity index (χ1v) is 7.58. The van der Waals surface area contributed by atoms with E-state index in [9.17, 15) is 5.11 Å². The quantitative estimate of drug-likeness (QED) is 0.871. The lowest BCUT2D eigenvalue weighted by molar-refractivity contribution is 0.0568. The van der Waals surface area contributed by atoms with Gasteiger partial charge in [-0.1, -0.05) is 32.0 Å². The van der Waals surface area contributed by atoms with Crippen LogP contribution in [0, 0.1) is 11.3 Å². The van der Waals surface area contributed by atoms with E-state index in [1.807, 2.05) is 18.3 Å². The predicted molar refractivity (Wildman–Crippen MR) is 82.4 cm³/mol. The molecule has 0 amide bonds. The van der Waals surface area contributed by atoms with Crippen molar-refractivity contribution in [1.29, 1.82) is 0 Å². The van der Waals surface area contributed by atoms with Gasteiger partial charge in [0.1, 0.15) is 0 Å². The molecule has 1 fully saturated rings. The molecule has 0 bridgehead atoms. The van der Waals surface area contributed by atoms with Gasteiger partial charge in [-0.25, -0.2) is 0 Å². The second-order valence-corrected chi connectivity index (χ2v) is 6.90. The van der Waals surface area contributed by atoms with Gasteiger partial charge in [0.2, 0.25) is 0 Å². The number of rotatable bonds is 2. The Bertz CT molecular complexity index is 595.